The van der Waals surface area contributed by atoms with Crippen molar-refractivity contribution in [3.8, 4) is 0 Å². The van der Waals surface area contributed by atoms with E-state index < -0.39 is 17.9 Å². The van der Waals surface area contributed by atoms with E-state index in [-0.39, 0.29) is 10.6 Å². The summed E-state index contributed by atoms with van der Waals surface area (Å²) >= 11 is 10.7. The van der Waals surface area contributed by atoms with Crippen LogP contribution in [0.5, 0.6) is 0 Å². The Morgan fingerprint density at radius 3 is 2.79 bits per heavy atom. The molecule has 1 rings (SSSR count). The molecule has 0 aliphatic carbocycles. The number of carbonyl (C=O) groups excluding carboxylic acids is 1. The van der Waals surface area contributed by atoms with Crippen molar-refractivity contribution in [2.45, 2.75) is 12.5 Å². The maximum Gasteiger partial charge on any atom is 0.326 e. The van der Waals surface area contributed by atoms with E-state index >= 15 is 0 Å². The molecular formula is C12H13BrClNO3S. The summed E-state index contributed by atoms with van der Waals surface area (Å²) < 4.78 is 0.595. The highest BCUT2D eigenvalue weighted by molar-refractivity contribution is 9.10. The summed E-state index contributed by atoms with van der Waals surface area (Å²) in [6.45, 7) is 0. The summed E-state index contributed by atoms with van der Waals surface area (Å²) in [6.07, 6.45) is 2.25. The molecule has 0 aromatic heterocycles. The molecule has 7 heteroatoms. The highest BCUT2D eigenvalue weighted by Gasteiger charge is 2.21. The van der Waals surface area contributed by atoms with Crippen LogP contribution in [0.4, 0.5) is 0 Å². The van der Waals surface area contributed by atoms with E-state index in [9.17, 15) is 9.59 Å². The summed E-state index contributed by atoms with van der Waals surface area (Å²) in [5.41, 5.74) is 0.256. The third-order valence-corrected chi connectivity index (χ3v) is 4.35. The minimum Gasteiger partial charge on any atom is -0.480 e. The number of hydrogen-bond donors (Lipinski definition) is 2. The van der Waals surface area contributed by atoms with Gasteiger partial charge >= 0.3 is 5.97 Å². The third-order valence-electron chi connectivity index (χ3n) is 2.41. The van der Waals surface area contributed by atoms with Crippen LogP contribution in [0, 0.1) is 0 Å². The Balaban J connectivity index is 2.82. The molecule has 4 nitrogen and oxygen atoms in total. The zero-order valence-electron chi connectivity index (χ0n) is 10.2. The lowest BCUT2D eigenvalue weighted by Crippen LogP contribution is -2.41. The molecule has 0 aliphatic rings. The number of rotatable bonds is 6. The highest BCUT2D eigenvalue weighted by Crippen LogP contribution is 2.26. The van der Waals surface area contributed by atoms with Crippen molar-refractivity contribution in [1.29, 1.82) is 0 Å². The molecule has 1 aromatic carbocycles. The Hall–Kier alpha value is -0.720. The fraction of sp³-hybridized carbons (Fsp3) is 0.333. The van der Waals surface area contributed by atoms with Crippen molar-refractivity contribution in [2.75, 3.05) is 12.0 Å². The molecule has 0 fully saturated rings. The van der Waals surface area contributed by atoms with Crippen LogP contribution in [0.1, 0.15) is 16.8 Å². The Kier molecular flexibility index (Phi) is 6.68. The molecule has 1 aromatic rings. The number of amides is 1. The van der Waals surface area contributed by atoms with Gasteiger partial charge in [-0.25, -0.2) is 4.79 Å². The average molecular weight is 367 g/mol. The Morgan fingerprint density at radius 2 is 2.21 bits per heavy atom. The zero-order chi connectivity index (χ0) is 14.4. The largest absolute Gasteiger partial charge is 0.480 e. The second kappa shape index (κ2) is 7.77. The molecule has 0 spiro atoms. The maximum absolute atomic E-state index is 12.0. The van der Waals surface area contributed by atoms with E-state index in [2.05, 4.69) is 21.2 Å². The van der Waals surface area contributed by atoms with Crippen molar-refractivity contribution in [1.82, 2.24) is 5.32 Å². The SMILES string of the molecule is CSCC[C@@H](NC(=O)c1cccc(Br)c1Cl)C(=O)O. The first-order valence-corrected chi connectivity index (χ1v) is 8.00. The van der Waals surface area contributed by atoms with Gasteiger partial charge in [-0.1, -0.05) is 17.7 Å². The van der Waals surface area contributed by atoms with Crippen LogP contribution in [0.25, 0.3) is 0 Å². The van der Waals surface area contributed by atoms with Gasteiger partial charge in [0.15, 0.2) is 0 Å². The van der Waals surface area contributed by atoms with Crippen LogP contribution in [0.2, 0.25) is 5.02 Å². The van der Waals surface area contributed by atoms with Gasteiger partial charge in [-0.3, -0.25) is 4.79 Å². The minimum atomic E-state index is -1.05. The van der Waals surface area contributed by atoms with Gasteiger partial charge in [0, 0.05) is 4.47 Å². The van der Waals surface area contributed by atoms with Gasteiger partial charge in [-0.2, -0.15) is 11.8 Å². The fourth-order valence-electron chi connectivity index (χ4n) is 1.41. The van der Waals surface area contributed by atoms with Gasteiger partial charge in [-0.05, 0) is 46.5 Å². The molecule has 104 valence electrons. The van der Waals surface area contributed by atoms with E-state index in [4.69, 9.17) is 16.7 Å². The van der Waals surface area contributed by atoms with Crippen molar-refractivity contribution < 1.29 is 14.7 Å². The van der Waals surface area contributed by atoms with Gasteiger partial charge < -0.3 is 10.4 Å². The number of aliphatic carboxylic acids is 1. The number of benzene rings is 1. The summed E-state index contributed by atoms with van der Waals surface area (Å²) in [6, 6.07) is 4.02. The Labute approximate surface area is 129 Å². The van der Waals surface area contributed by atoms with Crippen LogP contribution < -0.4 is 5.32 Å². The Morgan fingerprint density at radius 1 is 1.53 bits per heavy atom. The number of carboxylic acids is 1. The monoisotopic (exact) mass is 365 g/mol. The average Bonchev–Trinajstić information content (AvgIpc) is 2.37. The van der Waals surface area contributed by atoms with Gasteiger partial charge in [0.1, 0.15) is 6.04 Å². The molecular weight excluding hydrogens is 354 g/mol. The molecule has 0 aliphatic heterocycles. The standard InChI is InChI=1S/C12H13BrClNO3S/c1-19-6-5-9(12(17)18)15-11(16)7-3-2-4-8(13)10(7)14/h2-4,9H,5-6H2,1H3,(H,15,16)(H,17,18)/t9-/m1/s1. The first-order valence-electron chi connectivity index (χ1n) is 5.44. The maximum atomic E-state index is 12.0. The second-order valence-corrected chi connectivity index (χ2v) is 5.97. The minimum absolute atomic E-state index is 0.256. The lowest BCUT2D eigenvalue weighted by atomic mass is 10.1. The molecule has 0 heterocycles. The van der Waals surface area contributed by atoms with Crippen LogP contribution in [-0.2, 0) is 4.79 Å². The van der Waals surface area contributed by atoms with Crippen molar-refractivity contribution in [2.24, 2.45) is 0 Å². The summed E-state index contributed by atoms with van der Waals surface area (Å²) in [7, 11) is 0. The van der Waals surface area contributed by atoms with Gasteiger partial charge in [0.05, 0.1) is 10.6 Å². The van der Waals surface area contributed by atoms with Crippen LogP contribution in [-0.4, -0.2) is 35.0 Å². The molecule has 0 saturated heterocycles. The number of carbonyl (C=O) groups is 2. The number of thioether (sulfide) groups is 1. The number of hydrogen-bond acceptors (Lipinski definition) is 3. The molecule has 1 amide bonds. The lowest BCUT2D eigenvalue weighted by molar-refractivity contribution is -0.139. The highest BCUT2D eigenvalue weighted by atomic mass is 79.9. The van der Waals surface area contributed by atoms with Crippen LogP contribution >= 0.6 is 39.3 Å². The number of halogens is 2. The molecule has 0 bridgehead atoms. The fourth-order valence-corrected chi connectivity index (χ4v) is 2.46. The summed E-state index contributed by atoms with van der Waals surface area (Å²) in [4.78, 5) is 23.1. The van der Waals surface area contributed by atoms with Crippen molar-refractivity contribution in [3.63, 3.8) is 0 Å². The predicted molar refractivity (Wildman–Crippen MR) is 81.0 cm³/mol. The smallest absolute Gasteiger partial charge is 0.326 e. The summed E-state index contributed by atoms with van der Waals surface area (Å²) in [5.74, 6) is -0.878. The molecule has 0 unspecified atom stereocenters. The van der Waals surface area contributed by atoms with E-state index in [1.54, 1.807) is 18.2 Å². The van der Waals surface area contributed by atoms with Crippen molar-refractivity contribution in [3.05, 3.63) is 33.3 Å². The zero-order valence-corrected chi connectivity index (χ0v) is 13.3. The summed E-state index contributed by atoms with van der Waals surface area (Å²) in [5, 5.41) is 11.8. The predicted octanol–water partition coefficient (Wildman–Crippen LogP) is 3.04. The Bertz CT molecular complexity index is 484. The van der Waals surface area contributed by atoms with Crippen LogP contribution in [0.15, 0.2) is 22.7 Å². The van der Waals surface area contributed by atoms with Gasteiger partial charge in [0.2, 0.25) is 0 Å². The van der Waals surface area contributed by atoms with E-state index in [1.165, 1.54) is 11.8 Å². The second-order valence-electron chi connectivity index (χ2n) is 3.75. The molecule has 0 saturated carbocycles. The molecule has 0 radical (unpaired) electrons. The normalized spacial score (nSPS) is 11.9. The van der Waals surface area contributed by atoms with Crippen LogP contribution in [0.3, 0.4) is 0 Å². The lowest BCUT2D eigenvalue weighted by Gasteiger charge is -2.14. The van der Waals surface area contributed by atoms with E-state index in [1.807, 2.05) is 6.26 Å². The first kappa shape index (κ1) is 16.3. The molecule has 2 N–H and O–H groups in total. The van der Waals surface area contributed by atoms with E-state index in [0.29, 0.717) is 16.6 Å². The van der Waals surface area contributed by atoms with Crippen molar-refractivity contribution >= 4 is 51.2 Å². The van der Waals surface area contributed by atoms with Gasteiger partial charge in [-0.15, -0.1) is 0 Å². The topological polar surface area (TPSA) is 66.4 Å². The molecule has 1 atom stereocenters. The van der Waals surface area contributed by atoms with E-state index in [0.717, 1.165) is 0 Å². The number of carboxylic acid groups (broad SMARTS) is 1. The quantitative estimate of drug-likeness (QED) is 0.812. The third kappa shape index (κ3) is 4.71. The number of nitrogens with one attached hydrogen (secondary N) is 1. The molecule has 19 heavy (non-hydrogen) atoms. The first-order chi connectivity index (χ1) is 8.97. The van der Waals surface area contributed by atoms with Gasteiger partial charge in [0.25, 0.3) is 5.91 Å².